The zero-order valence-corrected chi connectivity index (χ0v) is 16.3. The van der Waals surface area contributed by atoms with Crippen molar-refractivity contribution in [3.8, 4) is 0 Å². The molecule has 0 radical (unpaired) electrons. The molecular weight excluding hydrogens is 384 g/mol. The Balaban J connectivity index is 1.71. The van der Waals surface area contributed by atoms with Gasteiger partial charge in [-0.15, -0.1) is 0 Å². The summed E-state index contributed by atoms with van der Waals surface area (Å²) >= 11 is 6.58. The lowest BCUT2D eigenvalue weighted by Gasteiger charge is -2.18. The number of carbonyl (C=O) groups is 1. The molecule has 2 aromatic rings. The topological polar surface area (TPSA) is 75.9 Å². The van der Waals surface area contributed by atoms with E-state index in [-0.39, 0.29) is 17.6 Å². The van der Waals surface area contributed by atoms with E-state index in [1.807, 2.05) is 6.07 Å². The van der Waals surface area contributed by atoms with Crippen LogP contribution in [-0.2, 0) is 9.53 Å². The van der Waals surface area contributed by atoms with Crippen LogP contribution in [-0.4, -0.2) is 50.8 Å². The fourth-order valence-corrected chi connectivity index (χ4v) is 4.46. The highest BCUT2D eigenvalue weighted by Crippen LogP contribution is 2.33. The Morgan fingerprint density at radius 3 is 3.04 bits per heavy atom. The maximum atomic E-state index is 12.9. The van der Waals surface area contributed by atoms with Gasteiger partial charge in [0.1, 0.15) is 15.8 Å². The summed E-state index contributed by atoms with van der Waals surface area (Å²) < 4.78 is 7.56. The Morgan fingerprint density at radius 2 is 2.30 bits per heavy atom. The van der Waals surface area contributed by atoms with E-state index in [2.05, 4.69) is 10.3 Å². The number of thiocarbonyl (C=S) groups is 1. The highest BCUT2D eigenvalue weighted by atomic mass is 32.2. The van der Waals surface area contributed by atoms with Gasteiger partial charge < -0.3 is 10.1 Å². The molecule has 0 aromatic carbocycles. The van der Waals surface area contributed by atoms with Crippen molar-refractivity contribution in [3.63, 3.8) is 0 Å². The van der Waals surface area contributed by atoms with Gasteiger partial charge in [-0.25, -0.2) is 4.98 Å². The smallest absolute Gasteiger partial charge is 0.267 e. The van der Waals surface area contributed by atoms with E-state index in [1.165, 1.54) is 16.2 Å². The average Bonchev–Trinajstić information content (AvgIpc) is 3.28. The number of thioether (sulfide) groups is 1. The van der Waals surface area contributed by atoms with E-state index in [0.717, 1.165) is 19.4 Å². The molecule has 1 atom stereocenters. The van der Waals surface area contributed by atoms with Crippen molar-refractivity contribution >= 4 is 51.7 Å². The van der Waals surface area contributed by atoms with Crippen LogP contribution in [0.4, 0.5) is 5.82 Å². The molecule has 9 heteroatoms. The Labute approximate surface area is 165 Å². The number of aromatic nitrogens is 2. The third kappa shape index (κ3) is 3.38. The zero-order valence-electron chi connectivity index (χ0n) is 14.7. The highest BCUT2D eigenvalue weighted by Gasteiger charge is 2.35. The Morgan fingerprint density at radius 1 is 1.44 bits per heavy atom. The molecule has 4 rings (SSSR count). The van der Waals surface area contributed by atoms with E-state index in [4.69, 9.17) is 17.0 Å². The number of anilines is 1. The molecule has 140 valence electrons. The fourth-order valence-electron chi connectivity index (χ4n) is 3.20. The van der Waals surface area contributed by atoms with Gasteiger partial charge in [-0.1, -0.05) is 30.0 Å². The largest absolute Gasteiger partial charge is 0.376 e. The number of carbonyl (C=O) groups excluding carboxylic acids is 1. The minimum absolute atomic E-state index is 0.0210. The summed E-state index contributed by atoms with van der Waals surface area (Å²) in [7, 11) is 1.70. The molecule has 2 fully saturated rings. The number of pyridine rings is 1. The molecular formula is C18H18N4O3S2. The molecule has 1 unspecified atom stereocenters. The molecule has 2 aromatic heterocycles. The quantitative estimate of drug-likeness (QED) is 0.620. The van der Waals surface area contributed by atoms with Crippen LogP contribution in [0.25, 0.3) is 11.7 Å². The van der Waals surface area contributed by atoms with Crippen molar-refractivity contribution in [1.82, 2.24) is 14.3 Å². The Bertz CT molecular complexity index is 1010. The molecule has 1 N–H and O–H groups in total. The molecule has 27 heavy (non-hydrogen) atoms. The number of ether oxygens (including phenoxy) is 1. The van der Waals surface area contributed by atoms with Crippen molar-refractivity contribution in [2.45, 2.75) is 18.9 Å². The minimum Gasteiger partial charge on any atom is -0.376 e. The van der Waals surface area contributed by atoms with Crippen LogP contribution in [0.3, 0.4) is 0 Å². The minimum atomic E-state index is -0.241. The standard InChI is InChI=1S/C18H18N4O3S2/c1-19-15-12(16(23)21-7-3-2-6-14(21)20-15)9-13-17(24)22(18(26)27-13)10-11-5-4-8-25-11/h2-3,6-7,9,11,19H,4-5,8,10H2,1H3. The summed E-state index contributed by atoms with van der Waals surface area (Å²) in [5.41, 5.74) is 0.628. The van der Waals surface area contributed by atoms with Crippen LogP contribution in [0, 0.1) is 0 Å². The average molecular weight is 403 g/mol. The molecule has 0 bridgehead atoms. The van der Waals surface area contributed by atoms with Gasteiger partial charge in [-0.3, -0.25) is 18.9 Å². The second kappa shape index (κ2) is 7.41. The first-order valence-corrected chi connectivity index (χ1v) is 9.87. The number of nitrogens with one attached hydrogen (secondary N) is 1. The first kappa shape index (κ1) is 18.1. The van der Waals surface area contributed by atoms with Gasteiger partial charge in [0.05, 0.1) is 23.1 Å². The lowest BCUT2D eigenvalue weighted by Crippen LogP contribution is -2.35. The number of nitrogens with zero attached hydrogens (tertiary/aromatic N) is 3. The lowest BCUT2D eigenvalue weighted by atomic mass is 10.2. The molecule has 1 amide bonds. The van der Waals surface area contributed by atoms with Crippen LogP contribution in [0.5, 0.6) is 0 Å². The van der Waals surface area contributed by atoms with Crippen LogP contribution < -0.4 is 10.9 Å². The fraction of sp³-hybridized carbons (Fsp3) is 0.333. The second-order valence-corrected chi connectivity index (χ2v) is 7.96. The normalized spacial score (nSPS) is 21.6. The number of fused-ring (bicyclic) bond motifs is 1. The van der Waals surface area contributed by atoms with E-state index < -0.39 is 0 Å². The van der Waals surface area contributed by atoms with Gasteiger partial charge in [-0.05, 0) is 31.1 Å². The summed E-state index contributed by atoms with van der Waals surface area (Å²) in [6, 6.07) is 5.34. The molecule has 0 saturated carbocycles. The van der Waals surface area contributed by atoms with Crippen molar-refractivity contribution in [1.29, 1.82) is 0 Å². The maximum Gasteiger partial charge on any atom is 0.267 e. The molecule has 4 heterocycles. The summed E-state index contributed by atoms with van der Waals surface area (Å²) in [6.45, 7) is 1.18. The lowest BCUT2D eigenvalue weighted by molar-refractivity contribution is -0.123. The first-order chi connectivity index (χ1) is 13.1. The summed E-state index contributed by atoms with van der Waals surface area (Å²) in [4.78, 5) is 32.2. The molecule has 2 aliphatic rings. The van der Waals surface area contributed by atoms with E-state index in [0.29, 0.717) is 32.8 Å². The Hall–Kier alpha value is -2.23. The molecule has 2 saturated heterocycles. The molecule has 0 aliphatic carbocycles. The predicted octanol–water partition coefficient (Wildman–Crippen LogP) is 2.12. The number of hydrogen-bond donors (Lipinski definition) is 1. The van der Waals surface area contributed by atoms with Crippen LogP contribution >= 0.6 is 24.0 Å². The summed E-state index contributed by atoms with van der Waals surface area (Å²) in [5, 5.41) is 2.94. The van der Waals surface area contributed by atoms with Crippen molar-refractivity contribution in [3.05, 3.63) is 45.2 Å². The summed E-state index contributed by atoms with van der Waals surface area (Å²) in [6.07, 6.45) is 5.18. The van der Waals surface area contributed by atoms with Crippen LogP contribution in [0.1, 0.15) is 18.4 Å². The van der Waals surface area contributed by atoms with E-state index in [9.17, 15) is 9.59 Å². The van der Waals surface area contributed by atoms with Crippen LogP contribution in [0.15, 0.2) is 34.1 Å². The highest BCUT2D eigenvalue weighted by molar-refractivity contribution is 8.26. The predicted molar refractivity (Wildman–Crippen MR) is 110 cm³/mol. The first-order valence-electron chi connectivity index (χ1n) is 8.64. The van der Waals surface area contributed by atoms with Gasteiger partial charge in [-0.2, -0.15) is 0 Å². The van der Waals surface area contributed by atoms with Gasteiger partial charge in [0, 0.05) is 19.9 Å². The van der Waals surface area contributed by atoms with Gasteiger partial charge in [0.25, 0.3) is 11.5 Å². The van der Waals surface area contributed by atoms with Gasteiger partial charge in [0.2, 0.25) is 0 Å². The van der Waals surface area contributed by atoms with Gasteiger partial charge in [0.15, 0.2) is 0 Å². The van der Waals surface area contributed by atoms with E-state index >= 15 is 0 Å². The van der Waals surface area contributed by atoms with Crippen molar-refractivity contribution in [2.24, 2.45) is 0 Å². The number of amides is 1. The van der Waals surface area contributed by atoms with Crippen molar-refractivity contribution < 1.29 is 9.53 Å². The van der Waals surface area contributed by atoms with Crippen molar-refractivity contribution in [2.75, 3.05) is 25.5 Å². The second-order valence-electron chi connectivity index (χ2n) is 6.29. The molecule has 0 spiro atoms. The monoisotopic (exact) mass is 402 g/mol. The summed E-state index contributed by atoms with van der Waals surface area (Å²) in [5.74, 6) is 0.232. The van der Waals surface area contributed by atoms with Gasteiger partial charge >= 0.3 is 0 Å². The maximum absolute atomic E-state index is 12.9. The molecule has 2 aliphatic heterocycles. The number of hydrogen-bond acceptors (Lipinski definition) is 7. The Kier molecular flexibility index (Phi) is 4.98. The number of rotatable bonds is 4. The third-order valence-electron chi connectivity index (χ3n) is 4.57. The SMILES string of the molecule is CNc1nc2ccccn2c(=O)c1C=C1SC(=S)N(CC2CCCO2)C1=O. The van der Waals surface area contributed by atoms with E-state index in [1.54, 1.807) is 36.4 Å². The third-order valence-corrected chi connectivity index (χ3v) is 5.94. The molecule has 7 nitrogen and oxygen atoms in total. The zero-order chi connectivity index (χ0) is 19.0. The van der Waals surface area contributed by atoms with Crippen LogP contribution in [0.2, 0.25) is 0 Å².